The third kappa shape index (κ3) is 2.17. The Morgan fingerprint density at radius 1 is 1.64 bits per heavy atom. The summed E-state index contributed by atoms with van der Waals surface area (Å²) in [5, 5.41) is 9.73. The van der Waals surface area contributed by atoms with Crippen molar-refractivity contribution in [1.29, 1.82) is 0 Å². The average Bonchev–Trinajstić information content (AvgIpc) is 1.98. The summed E-state index contributed by atoms with van der Waals surface area (Å²) >= 11 is 0. The predicted molar refractivity (Wildman–Crippen MR) is 46.6 cm³/mol. The molecule has 1 aliphatic rings. The molecule has 1 saturated heterocycles. The zero-order valence-electron chi connectivity index (χ0n) is 7.80. The van der Waals surface area contributed by atoms with E-state index >= 15 is 0 Å². The van der Waals surface area contributed by atoms with E-state index in [4.69, 9.17) is 0 Å². The van der Waals surface area contributed by atoms with Crippen LogP contribution in [0.5, 0.6) is 0 Å². The third-order valence-corrected chi connectivity index (χ3v) is 2.76. The molecule has 2 heteroatoms. The lowest BCUT2D eigenvalue weighted by Crippen LogP contribution is -2.52. The van der Waals surface area contributed by atoms with Crippen LogP contribution in [0, 0.1) is 0 Å². The Balaban J connectivity index is 2.29. The van der Waals surface area contributed by atoms with Crippen LogP contribution in [0.3, 0.4) is 0 Å². The van der Waals surface area contributed by atoms with Gasteiger partial charge in [-0.1, -0.05) is 6.92 Å². The Morgan fingerprint density at radius 3 is 2.55 bits per heavy atom. The van der Waals surface area contributed by atoms with E-state index in [-0.39, 0.29) is 0 Å². The van der Waals surface area contributed by atoms with Crippen molar-refractivity contribution in [2.24, 2.45) is 0 Å². The van der Waals surface area contributed by atoms with Crippen LogP contribution in [0.15, 0.2) is 0 Å². The van der Waals surface area contributed by atoms with Crippen LogP contribution in [0.2, 0.25) is 0 Å². The lowest BCUT2D eigenvalue weighted by atomic mass is 9.97. The van der Waals surface area contributed by atoms with E-state index in [0.29, 0.717) is 6.04 Å². The average molecular weight is 157 g/mol. The summed E-state index contributed by atoms with van der Waals surface area (Å²) in [6, 6.07) is 0.688. The van der Waals surface area contributed by atoms with E-state index < -0.39 is 5.60 Å². The maximum atomic E-state index is 9.73. The van der Waals surface area contributed by atoms with Gasteiger partial charge in [-0.25, -0.2) is 0 Å². The van der Waals surface area contributed by atoms with Gasteiger partial charge in [0.2, 0.25) is 0 Å². The van der Waals surface area contributed by atoms with Gasteiger partial charge in [0, 0.05) is 19.1 Å². The topological polar surface area (TPSA) is 23.5 Å². The lowest BCUT2D eigenvalue weighted by molar-refractivity contribution is -0.0234. The van der Waals surface area contributed by atoms with Crippen molar-refractivity contribution in [3.05, 3.63) is 0 Å². The van der Waals surface area contributed by atoms with Crippen LogP contribution in [0.4, 0.5) is 0 Å². The molecule has 0 aromatic rings. The van der Waals surface area contributed by atoms with Gasteiger partial charge >= 0.3 is 0 Å². The Bertz CT molecular complexity index is 134. The van der Waals surface area contributed by atoms with Crippen LogP contribution in [-0.4, -0.2) is 34.7 Å². The minimum atomic E-state index is -0.477. The minimum absolute atomic E-state index is 0.477. The molecular weight excluding hydrogens is 138 g/mol. The highest BCUT2D eigenvalue weighted by atomic mass is 16.3. The monoisotopic (exact) mass is 157 g/mol. The second-order valence-corrected chi connectivity index (χ2v) is 3.96. The number of β-amino-alcohol motifs (C(OH)–C–C–N with tert-alkyl or cyclic N) is 1. The largest absolute Gasteiger partial charge is 0.389 e. The molecule has 0 aromatic heterocycles. The molecule has 0 radical (unpaired) electrons. The van der Waals surface area contributed by atoms with Crippen molar-refractivity contribution in [2.75, 3.05) is 13.1 Å². The first-order chi connectivity index (χ1) is 5.05. The van der Waals surface area contributed by atoms with Crippen LogP contribution >= 0.6 is 0 Å². The number of aliphatic hydroxyl groups is 1. The second-order valence-electron chi connectivity index (χ2n) is 3.96. The SMILES string of the molecule is CCC(C)(O)CN1CCC1C. The van der Waals surface area contributed by atoms with Crippen molar-refractivity contribution in [1.82, 2.24) is 4.90 Å². The Hall–Kier alpha value is -0.0800. The third-order valence-electron chi connectivity index (χ3n) is 2.76. The van der Waals surface area contributed by atoms with E-state index in [0.717, 1.165) is 19.5 Å². The molecular formula is C9H19NO. The molecule has 0 aliphatic carbocycles. The Kier molecular flexibility index (Phi) is 2.55. The smallest absolute Gasteiger partial charge is 0.0743 e. The van der Waals surface area contributed by atoms with Gasteiger partial charge in [0.05, 0.1) is 5.60 Å². The maximum Gasteiger partial charge on any atom is 0.0743 e. The van der Waals surface area contributed by atoms with Crippen molar-refractivity contribution >= 4 is 0 Å². The molecule has 2 atom stereocenters. The number of hydrogen-bond donors (Lipinski definition) is 1. The summed E-state index contributed by atoms with van der Waals surface area (Å²) in [6.45, 7) is 8.17. The van der Waals surface area contributed by atoms with Crippen LogP contribution in [0.1, 0.15) is 33.6 Å². The molecule has 66 valence electrons. The highest BCUT2D eigenvalue weighted by Crippen LogP contribution is 2.21. The molecule has 11 heavy (non-hydrogen) atoms. The standard InChI is InChI=1S/C9H19NO/c1-4-9(3,11)7-10-6-5-8(10)2/h8,11H,4-7H2,1-3H3. The predicted octanol–water partition coefficient (Wildman–Crippen LogP) is 1.24. The van der Waals surface area contributed by atoms with E-state index in [1.165, 1.54) is 6.42 Å². The van der Waals surface area contributed by atoms with Crippen molar-refractivity contribution < 1.29 is 5.11 Å². The summed E-state index contributed by atoms with van der Waals surface area (Å²) in [5.74, 6) is 0. The zero-order chi connectivity index (χ0) is 8.48. The first-order valence-corrected chi connectivity index (χ1v) is 4.51. The summed E-state index contributed by atoms with van der Waals surface area (Å²) in [5.41, 5.74) is -0.477. The molecule has 0 saturated carbocycles. The lowest BCUT2D eigenvalue weighted by Gasteiger charge is -2.42. The molecule has 1 fully saturated rings. The first-order valence-electron chi connectivity index (χ1n) is 4.51. The van der Waals surface area contributed by atoms with Crippen molar-refractivity contribution in [2.45, 2.75) is 45.3 Å². The van der Waals surface area contributed by atoms with Crippen LogP contribution < -0.4 is 0 Å². The second kappa shape index (κ2) is 3.11. The number of nitrogens with zero attached hydrogens (tertiary/aromatic N) is 1. The molecule has 0 amide bonds. The fourth-order valence-corrected chi connectivity index (χ4v) is 1.35. The molecule has 0 bridgehead atoms. The maximum absolute atomic E-state index is 9.73. The molecule has 2 nitrogen and oxygen atoms in total. The molecule has 0 aromatic carbocycles. The highest BCUT2D eigenvalue weighted by Gasteiger charge is 2.29. The molecule has 1 rings (SSSR count). The summed E-state index contributed by atoms with van der Waals surface area (Å²) in [4.78, 5) is 2.34. The van der Waals surface area contributed by atoms with Crippen molar-refractivity contribution in [3.63, 3.8) is 0 Å². The number of rotatable bonds is 3. The van der Waals surface area contributed by atoms with E-state index in [2.05, 4.69) is 11.8 Å². The van der Waals surface area contributed by atoms with Gasteiger partial charge in [-0.05, 0) is 26.7 Å². The van der Waals surface area contributed by atoms with Crippen molar-refractivity contribution in [3.8, 4) is 0 Å². The van der Waals surface area contributed by atoms with Crippen LogP contribution in [0.25, 0.3) is 0 Å². The minimum Gasteiger partial charge on any atom is -0.389 e. The normalized spacial score (nSPS) is 31.1. The summed E-state index contributed by atoms with van der Waals surface area (Å²) < 4.78 is 0. The van der Waals surface area contributed by atoms with Gasteiger partial charge in [-0.2, -0.15) is 0 Å². The van der Waals surface area contributed by atoms with Gasteiger partial charge in [-0.15, -0.1) is 0 Å². The number of hydrogen-bond acceptors (Lipinski definition) is 2. The van der Waals surface area contributed by atoms with Gasteiger partial charge in [-0.3, -0.25) is 4.90 Å². The fraction of sp³-hybridized carbons (Fsp3) is 1.00. The molecule has 1 N–H and O–H groups in total. The van der Waals surface area contributed by atoms with Gasteiger partial charge < -0.3 is 5.11 Å². The molecule has 2 unspecified atom stereocenters. The first kappa shape index (κ1) is 9.01. The van der Waals surface area contributed by atoms with E-state index in [1.54, 1.807) is 0 Å². The van der Waals surface area contributed by atoms with Crippen LogP contribution in [-0.2, 0) is 0 Å². The molecule has 0 spiro atoms. The highest BCUT2D eigenvalue weighted by molar-refractivity contribution is 4.85. The van der Waals surface area contributed by atoms with Gasteiger partial charge in [0.1, 0.15) is 0 Å². The van der Waals surface area contributed by atoms with E-state index in [9.17, 15) is 5.11 Å². The van der Waals surface area contributed by atoms with E-state index in [1.807, 2.05) is 13.8 Å². The fourth-order valence-electron chi connectivity index (χ4n) is 1.35. The Labute approximate surface area is 69.2 Å². The Morgan fingerprint density at radius 2 is 2.27 bits per heavy atom. The van der Waals surface area contributed by atoms with Gasteiger partial charge in [0.15, 0.2) is 0 Å². The molecule has 1 aliphatic heterocycles. The summed E-state index contributed by atoms with van der Waals surface area (Å²) in [6.07, 6.45) is 2.13. The van der Waals surface area contributed by atoms with Gasteiger partial charge in [0.25, 0.3) is 0 Å². The zero-order valence-corrected chi connectivity index (χ0v) is 7.80. The quantitative estimate of drug-likeness (QED) is 0.666. The molecule has 1 heterocycles. The summed E-state index contributed by atoms with van der Waals surface area (Å²) in [7, 11) is 0. The number of likely N-dealkylation sites (tertiary alicyclic amines) is 1.